The molecule has 0 amide bonds. The summed E-state index contributed by atoms with van der Waals surface area (Å²) in [6, 6.07) is 6.20. The van der Waals surface area contributed by atoms with Gasteiger partial charge in [0, 0.05) is 50.0 Å². The van der Waals surface area contributed by atoms with Gasteiger partial charge in [-0.1, -0.05) is 17.7 Å². The van der Waals surface area contributed by atoms with E-state index < -0.39 is 24.5 Å². The molecule has 0 spiro atoms. The maximum absolute atomic E-state index is 13.1. The van der Waals surface area contributed by atoms with E-state index in [1.807, 2.05) is 17.0 Å². The van der Waals surface area contributed by atoms with E-state index in [2.05, 4.69) is 19.7 Å². The summed E-state index contributed by atoms with van der Waals surface area (Å²) in [5, 5.41) is 0.572. The van der Waals surface area contributed by atoms with Crippen molar-refractivity contribution in [2.75, 3.05) is 67.2 Å². The number of morpholine rings is 1. The summed E-state index contributed by atoms with van der Waals surface area (Å²) in [4.78, 5) is 17.2. The third-order valence-corrected chi connectivity index (χ3v) is 5.67. The SMILES string of the molecule is FC(F)(F)C(Oc1nc(N2CCOCC2)nc(N2CCN(c3cccc(Cl)c3)CC2)n1)C(F)(F)F. The summed E-state index contributed by atoms with van der Waals surface area (Å²) >= 11 is 6.05. The number of halogens is 7. The molecule has 1 aromatic carbocycles. The summed E-state index contributed by atoms with van der Waals surface area (Å²) in [5.74, 6) is -0.140. The fourth-order valence-corrected chi connectivity index (χ4v) is 3.88. The number of benzene rings is 1. The molecule has 15 heteroatoms. The molecule has 0 bridgehead atoms. The van der Waals surface area contributed by atoms with Gasteiger partial charge in [-0.25, -0.2) is 0 Å². The van der Waals surface area contributed by atoms with Crippen molar-refractivity contribution in [1.29, 1.82) is 0 Å². The van der Waals surface area contributed by atoms with E-state index in [0.29, 0.717) is 57.5 Å². The van der Waals surface area contributed by atoms with E-state index >= 15 is 0 Å². The molecule has 8 nitrogen and oxygen atoms in total. The standard InChI is InChI=1S/C20H21ClF6N6O2/c21-13-2-1-3-14(12-13)31-4-6-32(7-5-31)16-28-17(33-8-10-34-11-9-33)30-18(29-16)35-15(19(22,23)24)20(25,26)27/h1-3,12,15H,4-11H2. The number of hydrogen-bond donors (Lipinski definition) is 0. The Balaban J connectivity index is 1.59. The lowest BCUT2D eigenvalue weighted by Crippen LogP contribution is -2.48. The van der Waals surface area contributed by atoms with Crippen LogP contribution in [0.1, 0.15) is 0 Å². The molecule has 0 aliphatic carbocycles. The van der Waals surface area contributed by atoms with Gasteiger partial charge in [0.15, 0.2) is 0 Å². The van der Waals surface area contributed by atoms with Gasteiger partial charge in [-0.2, -0.15) is 41.3 Å². The first kappa shape index (κ1) is 25.4. The highest BCUT2D eigenvalue weighted by molar-refractivity contribution is 6.30. The molecule has 4 rings (SSSR count). The molecule has 0 unspecified atom stereocenters. The minimum absolute atomic E-state index is 0.0645. The molecule has 2 fully saturated rings. The maximum Gasteiger partial charge on any atom is 0.434 e. The van der Waals surface area contributed by atoms with Crippen molar-refractivity contribution >= 4 is 29.2 Å². The number of rotatable bonds is 5. The minimum Gasteiger partial charge on any atom is -0.440 e. The van der Waals surface area contributed by atoms with Gasteiger partial charge in [0.2, 0.25) is 11.9 Å². The molecule has 2 aliphatic heterocycles. The maximum atomic E-state index is 13.1. The smallest absolute Gasteiger partial charge is 0.434 e. The van der Waals surface area contributed by atoms with Crippen molar-refractivity contribution in [2.45, 2.75) is 18.5 Å². The zero-order valence-corrected chi connectivity index (χ0v) is 18.9. The summed E-state index contributed by atoms with van der Waals surface area (Å²) in [7, 11) is 0. The summed E-state index contributed by atoms with van der Waals surface area (Å²) in [5.41, 5.74) is 0.893. The molecule has 0 N–H and O–H groups in total. The van der Waals surface area contributed by atoms with E-state index in [0.717, 1.165) is 5.69 Å². The van der Waals surface area contributed by atoms with Gasteiger partial charge in [-0.3, -0.25) is 0 Å². The Hall–Kier alpha value is -2.74. The average Bonchev–Trinajstić information content (AvgIpc) is 2.82. The third kappa shape index (κ3) is 6.28. The van der Waals surface area contributed by atoms with E-state index in [1.54, 1.807) is 21.9 Å². The van der Waals surface area contributed by atoms with Gasteiger partial charge in [-0.05, 0) is 18.2 Å². The van der Waals surface area contributed by atoms with Crippen molar-refractivity contribution in [3.05, 3.63) is 29.3 Å². The van der Waals surface area contributed by atoms with Crippen molar-refractivity contribution in [2.24, 2.45) is 0 Å². The Bertz CT molecular complexity index is 998. The topological polar surface area (TPSA) is 66.9 Å². The molecule has 2 aliphatic rings. The van der Waals surface area contributed by atoms with Crippen LogP contribution in [-0.4, -0.2) is 85.9 Å². The molecule has 0 radical (unpaired) electrons. The lowest BCUT2D eigenvalue weighted by atomic mass is 10.2. The zero-order chi connectivity index (χ0) is 25.2. The molecular weight excluding hydrogens is 506 g/mol. The molecule has 3 heterocycles. The second-order valence-electron chi connectivity index (χ2n) is 7.85. The number of piperazine rings is 1. The number of aromatic nitrogens is 3. The van der Waals surface area contributed by atoms with Crippen molar-refractivity contribution in [3.8, 4) is 6.01 Å². The van der Waals surface area contributed by atoms with Crippen molar-refractivity contribution in [1.82, 2.24) is 15.0 Å². The van der Waals surface area contributed by atoms with Gasteiger partial charge in [0.25, 0.3) is 6.10 Å². The predicted octanol–water partition coefficient (Wildman–Crippen LogP) is 3.56. The van der Waals surface area contributed by atoms with Crippen molar-refractivity contribution < 1.29 is 35.8 Å². The third-order valence-electron chi connectivity index (χ3n) is 5.44. The monoisotopic (exact) mass is 526 g/mol. The summed E-state index contributed by atoms with van der Waals surface area (Å²) in [6.45, 7) is 2.97. The van der Waals surface area contributed by atoms with Crippen LogP contribution in [0.15, 0.2) is 24.3 Å². The predicted molar refractivity (Wildman–Crippen MR) is 115 cm³/mol. The van der Waals surface area contributed by atoms with Crippen LogP contribution in [0.4, 0.5) is 43.9 Å². The molecule has 1 aromatic heterocycles. The highest BCUT2D eigenvalue weighted by atomic mass is 35.5. The van der Waals surface area contributed by atoms with Crippen LogP contribution in [0.2, 0.25) is 5.02 Å². The van der Waals surface area contributed by atoms with E-state index in [4.69, 9.17) is 16.3 Å². The fraction of sp³-hybridized carbons (Fsp3) is 0.550. The van der Waals surface area contributed by atoms with E-state index in [9.17, 15) is 26.3 Å². The second kappa shape index (κ2) is 10.1. The molecule has 0 saturated carbocycles. The largest absolute Gasteiger partial charge is 0.440 e. The van der Waals surface area contributed by atoms with Gasteiger partial charge >= 0.3 is 18.4 Å². The first-order valence-corrected chi connectivity index (χ1v) is 11.0. The zero-order valence-electron chi connectivity index (χ0n) is 18.2. The molecule has 2 saturated heterocycles. The minimum atomic E-state index is -5.70. The quantitative estimate of drug-likeness (QED) is 0.548. The first-order chi connectivity index (χ1) is 16.5. The lowest BCUT2D eigenvalue weighted by molar-refractivity contribution is -0.301. The van der Waals surface area contributed by atoms with Crippen LogP contribution in [-0.2, 0) is 4.74 Å². The normalized spacial score (nSPS) is 17.8. The second-order valence-corrected chi connectivity index (χ2v) is 8.29. The number of anilines is 3. The highest BCUT2D eigenvalue weighted by Crippen LogP contribution is 2.36. The van der Waals surface area contributed by atoms with E-state index in [1.165, 1.54) is 0 Å². The average molecular weight is 527 g/mol. The lowest BCUT2D eigenvalue weighted by Gasteiger charge is -2.36. The molecule has 2 aromatic rings. The first-order valence-electron chi connectivity index (χ1n) is 10.6. The van der Waals surface area contributed by atoms with Gasteiger partial charge < -0.3 is 24.2 Å². The van der Waals surface area contributed by atoms with Gasteiger partial charge in [-0.15, -0.1) is 0 Å². The van der Waals surface area contributed by atoms with Gasteiger partial charge in [0.05, 0.1) is 13.2 Å². The number of hydrogen-bond acceptors (Lipinski definition) is 8. The highest BCUT2D eigenvalue weighted by Gasteiger charge is 2.59. The Labute approximate surface area is 201 Å². The van der Waals surface area contributed by atoms with Crippen LogP contribution in [0.25, 0.3) is 0 Å². The molecule has 0 atom stereocenters. The van der Waals surface area contributed by atoms with Crippen LogP contribution >= 0.6 is 11.6 Å². The van der Waals surface area contributed by atoms with E-state index in [-0.39, 0.29) is 11.9 Å². The number of nitrogens with zero attached hydrogens (tertiary/aromatic N) is 6. The summed E-state index contributed by atoms with van der Waals surface area (Å²) < 4.78 is 88.0. The Morgan fingerprint density at radius 2 is 1.34 bits per heavy atom. The molecule has 35 heavy (non-hydrogen) atoms. The Morgan fingerprint density at radius 1 is 0.800 bits per heavy atom. The van der Waals surface area contributed by atoms with Crippen molar-refractivity contribution in [3.63, 3.8) is 0 Å². The van der Waals surface area contributed by atoms with Gasteiger partial charge in [0.1, 0.15) is 0 Å². The number of ether oxygens (including phenoxy) is 2. The van der Waals surface area contributed by atoms with Crippen LogP contribution in [0.3, 0.4) is 0 Å². The molecule has 192 valence electrons. The van der Waals surface area contributed by atoms with Crippen LogP contribution < -0.4 is 19.4 Å². The Morgan fingerprint density at radius 3 is 1.89 bits per heavy atom. The number of alkyl halides is 6. The van der Waals surface area contributed by atoms with Crippen LogP contribution in [0.5, 0.6) is 6.01 Å². The summed E-state index contributed by atoms with van der Waals surface area (Å²) in [6.07, 6.45) is -15.5. The fourth-order valence-electron chi connectivity index (χ4n) is 3.70. The Kier molecular flexibility index (Phi) is 7.31. The van der Waals surface area contributed by atoms with Crippen LogP contribution in [0, 0.1) is 0 Å². The molecular formula is C20H21ClF6N6O2.